The molecule has 0 spiro atoms. The quantitative estimate of drug-likeness (QED) is 0.914. The maximum atomic E-state index is 4.16. The van der Waals surface area contributed by atoms with Crippen LogP contribution in [0.5, 0.6) is 0 Å². The maximum Gasteiger partial charge on any atom is 0.0653 e. The molecule has 3 heteroatoms. The second kappa shape index (κ2) is 4.64. The number of fused-ring (bicyclic) bond motifs is 4. The first kappa shape index (κ1) is 11.5. The van der Waals surface area contributed by atoms with Gasteiger partial charge in [-0.25, -0.2) is 0 Å². The number of piperidine rings is 3. The molecule has 3 aliphatic heterocycles. The fourth-order valence-corrected chi connectivity index (χ4v) is 4.00. The molecule has 0 amide bonds. The van der Waals surface area contributed by atoms with Crippen LogP contribution >= 0.6 is 0 Å². The first-order valence-electron chi connectivity index (χ1n) is 7.53. The van der Waals surface area contributed by atoms with Gasteiger partial charge < -0.3 is 4.90 Å². The molecule has 19 heavy (non-hydrogen) atoms. The molecule has 1 unspecified atom stereocenters. The third kappa shape index (κ3) is 2.06. The molecule has 1 aromatic carbocycles. The van der Waals surface area contributed by atoms with Crippen molar-refractivity contribution in [2.45, 2.75) is 25.7 Å². The SMILES string of the molecule is c1cc(CCC2CN3CCC2CC3)c2cn[nH]c2c1. The van der Waals surface area contributed by atoms with Crippen LogP contribution in [-0.2, 0) is 6.42 Å². The van der Waals surface area contributed by atoms with Gasteiger partial charge in [-0.05, 0) is 62.2 Å². The molecule has 0 radical (unpaired) electrons. The van der Waals surface area contributed by atoms with E-state index in [0.717, 1.165) is 11.8 Å². The second-order valence-electron chi connectivity index (χ2n) is 6.19. The summed E-state index contributed by atoms with van der Waals surface area (Å²) in [6, 6.07) is 6.52. The van der Waals surface area contributed by atoms with Gasteiger partial charge >= 0.3 is 0 Å². The molecule has 3 nitrogen and oxygen atoms in total. The Bertz CT molecular complexity index is 566. The summed E-state index contributed by atoms with van der Waals surface area (Å²) >= 11 is 0. The Hall–Kier alpha value is -1.35. The predicted molar refractivity (Wildman–Crippen MR) is 77.1 cm³/mol. The lowest BCUT2D eigenvalue weighted by Crippen LogP contribution is -2.47. The van der Waals surface area contributed by atoms with Gasteiger partial charge in [-0.15, -0.1) is 0 Å². The number of nitrogens with one attached hydrogen (secondary N) is 1. The number of hydrogen-bond acceptors (Lipinski definition) is 2. The van der Waals surface area contributed by atoms with Crippen molar-refractivity contribution >= 4 is 10.9 Å². The van der Waals surface area contributed by atoms with Crippen LogP contribution in [0.25, 0.3) is 10.9 Å². The van der Waals surface area contributed by atoms with E-state index in [1.54, 1.807) is 0 Å². The number of hydrogen-bond donors (Lipinski definition) is 1. The molecule has 3 fully saturated rings. The molecule has 0 saturated carbocycles. The molecular weight excluding hydrogens is 234 g/mol. The average Bonchev–Trinajstić information content (AvgIpc) is 2.95. The maximum absolute atomic E-state index is 4.16. The number of benzene rings is 1. The Kier molecular flexibility index (Phi) is 2.80. The van der Waals surface area contributed by atoms with Gasteiger partial charge in [0.15, 0.2) is 0 Å². The summed E-state index contributed by atoms with van der Waals surface area (Å²) in [5.74, 6) is 1.92. The minimum atomic E-state index is 0.921. The van der Waals surface area contributed by atoms with Gasteiger partial charge in [0.05, 0.1) is 11.7 Å². The molecule has 1 aromatic heterocycles. The van der Waals surface area contributed by atoms with Crippen molar-refractivity contribution in [3.63, 3.8) is 0 Å². The smallest absolute Gasteiger partial charge is 0.0653 e. The Balaban J connectivity index is 1.49. The van der Waals surface area contributed by atoms with Crippen LogP contribution in [-0.4, -0.2) is 34.7 Å². The number of aromatic amines is 1. The first-order chi connectivity index (χ1) is 9.40. The highest BCUT2D eigenvalue weighted by Gasteiger charge is 2.33. The van der Waals surface area contributed by atoms with E-state index < -0.39 is 0 Å². The second-order valence-corrected chi connectivity index (χ2v) is 6.19. The zero-order valence-electron chi connectivity index (χ0n) is 11.3. The highest BCUT2D eigenvalue weighted by Crippen LogP contribution is 2.35. The zero-order valence-corrected chi connectivity index (χ0v) is 11.3. The zero-order chi connectivity index (χ0) is 12.7. The summed E-state index contributed by atoms with van der Waals surface area (Å²) in [7, 11) is 0. The summed E-state index contributed by atoms with van der Waals surface area (Å²) in [4.78, 5) is 2.66. The summed E-state index contributed by atoms with van der Waals surface area (Å²) in [5.41, 5.74) is 2.63. The molecule has 4 heterocycles. The Morgan fingerprint density at radius 2 is 2.16 bits per heavy atom. The van der Waals surface area contributed by atoms with E-state index in [-0.39, 0.29) is 0 Å². The van der Waals surface area contributed by atoms with Crippen LogP contribution in [0, 0.1) is 11.8 Å². The molecule has 3 aliphatic rings. The molecule has 0 aliphatic carbocycles. The van der Waals surface area contributed by atoms with Gasteiger partial charge in [0.2, 0.25) is 0 Å². The van der Waals surface area contributed by atoms with Gasteiger partial charge in [0.25, 0.3) is 0 Å². The van der Waals surface area contributed by atoms with E-state index in [4.69, 9.17) is 0 Å². The fourth-order valence-electron chi connectivity index (χ4n) is 4.00. The van der Waals surface area contributed by atoms with Crippen LogP contribution in [0.4, 0.5) is 0 Å². The Labute approximate surface area is 114 Å². The highest BCUT2D eigenvalue weighted by molar-refractivity contribution is 5.81. The standard InChI is InChI=1S/C16H21N3/c1-2-13(15-10-17-18-16(15)3-1)4-5-14-11-19-8-6-12(14)7-9-19/h1-3,10,12,14H,4-9,11H2,(H,17,18). The molecule has 1 N–H and O–H groups in total. The van der Waals surface area contributed by atoms with E-state index in [1.807, 2.05) is 6.20 Å². The van der Waals surface area contributed by atoms with Crippen LogP contribution in [0.1, 0.15) is 24.8 Å². The summed E-state index contributed by atoms with van der Waals surface area (Å²) in [6.45, 7) is 4.03. The monoisotopic (exact) mass is 255 g/mol. The van der Waals surface area contributed by atoms with Crippen molar-refractivity contribution in [2.75, 3.05) is 19.6 Å². The highest BCUT2D eigenvalue weighted by atomic mass is 15.1. The minimum absolute atomic E-state index is 0.921. The number of aryl methyl sites for hydroxylation is 1. The van der Waals surface area contributed by atoms with Gasteiger partial charge in [-0.3, -0.25) is 5.10 Å². The number of rotatable bonds is 3. The van der Waals surface area contributed by atoms with Crippen molar-refractivity contribution in [3.05, 3.63) is 30.0 Å². The predicted octanol–water partition coefficient (Wildman–Crippen LogP) is 2.84. The lowest BCUT2D eigenvalue weighted by molar-refractivity contribution is 0.0470. The van der Waals surface area contributed by atoms with E-state index in [2.05, 4.69) is 33.3 Å². The van der Waals surface area contributed by atoms with E-state index in [9.17, 15) is 0 Å². The summed E-state index contributed by atoms with van der Waals surface area (Å²) < 4.78 is 0. The fraction of sp³-hybridized carbons (Fsp3) is 0.562. The molecule has 3 saturated heterocycles. The summed E-state index contributed by atoms with van der Waals surface area (Å²) in [6.07, 6.45) is 7.37. The van der Waals surface area contributed by atoms with E-state index in [0.29, 0.717) is 0 Å². The van der Waals surface area contributed by atoms with Crippen LogP contribution < -0.4 is 0 Å². The lowest BCUT2D eigenvalue weighted by Gasteiger charge is -2.45. The van der Waals surface area contributed by atoms with Crippen LogP contribution in [0.2, 0.25) is 0 Å². The number of nitrogens with zero attached hydrogens (tertiary/aromatic N) is 2. The van der Waals surface area contributed by atoms with Gasteiger partial charge in [0, 0.05) is 11.9 Å². The molecule has 5 rings (SSSR count). The van der Waals surface area contributed by atoms with Gasteiger partial charge in [-0.2, -0.15) is 5.10 Å². The van der Waals surface area contributed by atoms with Gasteiger partial charge in [0.1, 0.15) is 0 Å². The topological polar surface area (TPSA) is 31.9 Å². The van der Waals surface area contributed by atoms with Crippen molar-refractivity contribution < 1.29 is 0 Å². The molecule has 2 aromatic rings. The normalized spacial score (nSPS) is 30.0. The van der Waals surface area contributed by atoms with Crippen LogP contribution in [0.3, 0.4) is 0 Å². The van der Waals surface area contributed by atoms with Crippen molar-refractivity contribution in [2.24, 2.45) is 11.8 Å². The minimum Gasteiger partial charge on any atom is -0.303 e. The third-order valence-electron chi connectivity index (χ3n) is 5.15. The summed E-state index contributed by atoms with van der Waals surface area (Å²) in [5, 5.41) is 8.54. The average molecular weight is 255 g/mol. The molecule has 100 valence electrons. The largest absolute Gasteiger partial charge is 0.303 e. The van der Waals surface area contributed by atoms with Gasteiger partial charge in [-0.1, -0.05) is 12.1 Å². The van der Waals surface area contributed by atoms with Crippen molar-refractivity contribution in [3.8, 4) is 0 Å². The van der Waals surface area contributed by atoms with E-state index in [1.165, 1.54) is 61.8 Å². The Morgan fingerprint density at radius 3 is 2.95 bits per heavy atom. The van der Waals surface area contributed by atoms with E-state index >= 15 is 0 Å². The Morgan fingerprint density at radius 1 is 1.26 bits per heavy atom. The number of H-pyrrole nitrogens is 1. The number of aromatic nitrogens is 2. The first-order valence-corrected chi connectivity index (χ1v) is 7.53. The lowest BCUT2D eigenvalue weighted by atomic mass is 9.76. The van der Waals surface area contributed by atoms with Crippen LogP contribution in [0.15, 0.2) is 24.4 Å². The van der Waals surface area contributed by atoms with Crippen molar-refractivity contribution in [1.82, 2.24) is 15.1 Å². The molecular formula is C16H21N3. The third-order valence-corrected chi connectivity index (χ3v) is 5.15. The molecule has 2 bridgehead atoms. The molecule has 1 atom stereocenters. The van der Waals surface area contributed by atoms with Crippen molar-refractivity contribution in [1.29, 1.82) is 0 Å².